The number of halogens is 2. The standard InChI is InChI=1S/C25H21F2N3O2/c1-16-20(25(31)29-14-17-5-3-7-21(26)24(17)27)6-4-8-23(16)32-19-9-11-28-22(13-19)18-10-12-30(2)15-18/h3-13,15H,14H2,1-2H3,(H,29,31). The summed E-state index contributed by atoms with van der Waals surface area (Å²) in [6, 6.07) is 14.5. The molecule has 0 bridgehead atoms. The van der Waals surface area contributed by atoms with Crippen LogP contribution in [-0.4, -0.2) is 15.5 Å². The summed E-state index contributed by atoms with van der Waals surface area (Å²) in [5.41, 5.74) is 2.83. The van der Waals surface area contributed by atoms with Crippen molar-refractivity contribution in [3.05, 3.63) is 102 Å². The molecule has 2 aromatic carbocycles. The summed E-state index contributed by atoms with van der Waals surface area (Å²) in [7, 11) is 1.94. The van der Waals surface area contributed by atoms with Crippen molar-refractivity contribution in [2.75, 3.05) is 0 Å². The Labute approximate surface area is 184 Å². The maximum atomic E-state index is 13.8. The number of carbonyl (C=O) groups is 1. The number of aryl methyl sites for hydroxylation is 1. The summed E-state index contributed by atoms with van der Waals surface area (Å²) < 4.78 is 35.2. The molecule has 1 N–H and O–H groups in total. The maximum absolute atomic E-state index is 13.8. The van der Waals surface area contributed by atoms with Crippen LogP contribution in [0.1, 0.15) is 21.5 Å². The van der Waals surface area contributed by atoms with Gasteiger partial charge in [-0.05, 0) is 37.3 Å². The lowest BCUT2D eigenvalue weighted by atomic mass is 10.1. The van der Waals surface area contributed by atoms with Gasteiger partial charge in [0, 0.05) is 60.5 Å². The average Bonchev–Trinajstić information content (AvgIpc) is 3.22. The molecule has 7 heteroatoms. The number of hydrogen-bond donors (Lipinski definition) is 1. The van der Waals surface area contributed by atoms with Crippen LogP contribution >= 0.6 is 0 Å². The van der Waals surface area contributed by atoms with Gasteiger partial charge >= 0.3 is 0 Å². The Bertz CT molecular complexity index is 1280. The van der Waals surface area contributed by atoms with Crippen molar-refractivity contribution < 1.29 is 18.3 Å². The van der Waals surface area contributed by atoms with Gasteiger partial charge in [0.25, 0.3) is 5.91 Å². The highest BCUT2D eigenvalue weighted by molar-refractivity contribution is 5.96. The summed E-state index contributed by atoms with van der Waals surface area (Å²) in [5, 5.41) is 2.63. The summed E-state index contributed by atoms with van der Waals surface area (Å²) in [5.74, 6) is -1.22. The smallest absolute Gasteiger partial charge is 0.251 e. The van der Waals surface area contributed by atoms with Crippen LogP contribution in [0.4, 0.5) is 8.78 Å². The minimum Gasteiger partial charge on any atom is -0.457 e. The van der Waals surface area contributed by atoms with Gasteiger partial charge in [-0.2, -0.15) is 0 Å². The molecule has 0 aliphatic rings. The topological polar surface area (TPSA) is 56.2 Å². The molecule has 0 aliphatic heterocycles. The van der Waals surface area contributed by atoms with Gasteiger partial charge in [0.1, 0.15) is 11.5 Å². The van der Waals surface area contributed by atoms with Gasteiger partial charge in [0.15, 0.2) is 11.6 Å². The highest BCUT2D eigenvalue weighted by Crippen LogP contribution is 2.29. The Morgan fingerprint density at radius 1 is 1.12 bits per heavy atom. The molecular weight excluding hydrogens is 412 g/mol. The maximum Gasteiger partial charge on any atom is 0.251 e. The number of rotatable bonds is 6. The first-order valence-electron chi connectivity index (χ1n) is 9.99. The fourth-order valence-electron chi connectivity index (χ4n) is 3.34. The molecule has 32 heavy (non-hydrogen) atoms. The summed E-state index contributed by atoms with van der Waals surface area (Å²) in [6.45, 7) is 1.64. The zero-order valence-electron chi connectivity index (χ0n) is 17.6. The van der Waals surface area contributed by atoms with Crippen LogP contribution in [0.15, 0.2) is 73.2 Å². The lowest BCUT2D eigenvalue weighted by molar-refractivity contribution is 0.0949. The molecule has 0 unspecified atom stereocenters. The number of aromatic nitrogens is 2. The van der Waals surface area contributed by atoms with Crippen molar-refractivity contribution in [3.8, 4) is 22.8 Å². The zero-order valence-corrected chi connectivity index (χ0v) is 17.6. The third-order valence-corrected chi connectivity index (χ3v) is 5.09. The van der Waals surface area contributed by atoms with E-state index < -0.39 is 17.5 Å². The predicted octanol–water partition coefficient (Wildman–Crippen LogP) is 5.40. The number of ether oxygens (including phenoxy) is 1. The third kappa shape index (κ3) is 4.51. The van der Waals surface area contributed by atoms with E-state index in [2.05, 4.69) is 10.3 Å². The Hall–Kier alpha value is -4.00. The van der Waals surface area contributed by atoms with E-state index in [1.54, 1.807) is 37.4 Å². The van der Waals surface area contributed by atoms with Crippen LogP contribution in [0.5, 0.6) is 11.5 Å². The summed E-state index contributed by atoms with van der Waals surface area (Å²) in [4.78, 5) is 17.1. The highest BCUT2D eigenvalue weighted by Gasteiger charge is 2.15. The Balaban J connectivity index is 1.51. The molecule has 5 nitrogen and oxygen atoms in total. The van der Waals surface area contributed by atoms with Crippen LogP contribution < -0.4 is 10.1 Å². The van der Waals surface area contributed by atoms with Crippen molar-refractivity contribution in [2.45, 2.75) is 13.5 Å². The summed E-state index contributed by atoms with van der Waals surface area (Å²) in [6.07, 6.45) is 5.56. The Morgan fingerprint density at radius 3 is 2.72 bits per heavy atom. The molecule has 0 spiro atoms. The monoisotopic (exact) mass is 433 g/mol. The quantitative estimate of drug-likeness (QED) is 0.443. The number of nitrogens with zero attached hydrogens (tertiary/aromatic N) is 2. The number of nitrogens with one attached hydrogen (secondary N) is 1. The fraction of sp³-hybridized carbons (Fsp3) is 0.120. The molecule has 4 aromatic rings. The molecule has 162 valence electrons. The van der Waals surface area contributed by atoms with Gasteiger partial charge in [0.05, 0.1) is 5.69 Å². The first-order chi connectivity index (χ1) is 15.4. The van der Waals surface area contributed by atoms with Crippen LogP contribution in [0.25, 0.3) is 11.3 Å². The second kappa shape index (κ2) is 9.01. The number of benzene rings is 2. The largest absolute Gasteiger partial charge is 0.457 e. The highest BCUT2D eigenvalue weighted by atomic mass is 19.2. The Kier molecular flexibility index (Phi) is 5.98. The molecule has 0 aliphatic carbocycles. The zero-order chi connectivity index (χ0) is 22.7. The molecule has 2 heterocycles. The van der Waals surface area contributed by atoms with Gasteiger partial charge < -0.3 is 14.6 Å². The van der Waals surface area contributed by atoms with Gasteiger partial charge in [-0.1, -0.05) is 18.2 Å². The van der Waals surface area contributed by atoms with Gasteiger partial charge in [-0.25, -0.2) is 8.78 Å². The van der Waals surface area contributed by atoms with Gasteiger partial charge in [0.2, 0.25) is 0 Å². The van der Waals surface area contributed by atoms with Crippen LogP contribution in [0.3, 0.4) is 0 Å². The molecule has 0 radical (unpaired) electrons. The van der Waals surface area contributed by atoms with E-state index in [-0.39, 0.29) is 12.1 Å². The summed E-state index contributed by atoms with van der Waals surface area (Å²) >= 11 is 0. The molecule has 0 atom stereocenters. The van der Waals surface area contributed by atoms with E-state index in [0.717, 1.165) is 17.3 Å². The van der Waals surface area contributed by atoms with Crippen LogP contribution in [0, 0.1) is 18.6 Å². The lowest BCUT2D eigenvalue weighted by Gasteiger charge is -2.13. The van der Waals surface area contributed by atoms with Crippen molar-refractivity contribution >= 4 is 5.91 Å². The van der Waals surface area contributed by atoms with Crippen molar-refractivity contribution in [1.82, 2.24) is 14.9 Å². The van der Waals surface area contributed by atoms with Crippen LogP contribution in [-0.2, 0) is 13.6 Å². The number of carbonyl (C=O) groups excluding carboxylic acids is 1. The van der Waals surface area contributed by atoms with E-state index in [9.17, 15) is 13.6 Å². The SMILES string of the molecule is Cc1c(Oc2ccnc(-c3ccn(C)c3)c2)cccc1C(=O)NCc1cccc(F)c1F. The van der Waals surface area contributed by atoms with Crippen LogP contribution in [0.2, 0.25) is 0 Å². The van der Waals surface area contributed by atoms with E-state index in [1.165, 1.54) is 12.1 Å². The van der Waals surface area contributed by atoms with E-state index in [0.29, 0.717) is 22.6 Å². The number of hydrogen-bond acceptors (Lipinski definition) is 3. The average molecular weight is 433 g/mol. The number of amides is 1. The molecular formula is C25H21F2N3O2. The fourth-order valence-corrected chi connectivity index (χ4v) is 3.34. The minimum atomic E-state index is -0.964. The molecule has 1 amide bonds. The Morgan fingerprint density at radius 2 is 1.94 bits per heavy atom. The van der Waals surface area contributed by atoms with E-state index in [1.807, 2.05) is 36.1 Å². The van der Waals surface area contributed by atoms with Gasteiger partial charge in [-0.15, -0.1) is 0 Å². The van der Waals surface area contributed by atoms with Crippen molar-refractivity contribution in [3.63, 3.8) is 0 Å². The minimum absolute atomic E-state index is 0.0774. The first kappa shape index (κ1) is 21.2. The second-order valence-electron chi connectivity index (χ2n) is 7.37. The molecule has 0 saturated heterocycles. The van der Waals surface area contributed by atoms with E-state index in [4.69, 9.17) is 4.74 Å². The normalized spacial score (nSPS) is 10.8. The van der Waals surface area contributed by atoms with Crippen molar-refractivity contribution in [1.29, 1.82) is 0 Å². The van der Waals surface area contributed by atoms with E-state index >= 15 is 0 Å². The lowest BCUT2D eigenvalue weighted by Crippen LogP contribution is -2.24. The molecule has 2 aromatic heterocycles. The van der Waals surface area contributed by atoms with Crippen molar-refractivity contribution in [2.24, 2.45) is 7.05 Å². The van der Waals surface area contributed by atoms with Gasteiger partial charge in [-0.3, -0.25) is 9.78 Å². The second-order valence-corrected chi connectivity index (χ2v) is 7.37. The molecule has 0 fully saturated rings. The predicted molar refractivity (Wildman–Crippen MR) is 117 cm³/mol. The number of pyridine rings is 1. The first-order valence-corrected chi connectivity index (χ1v) is 9.99. The third-order valence-electron chi connectivity index (χ3n) is 5.09. The molecule has 4 rings (SSSR count). The molecule has 0 saturated carbocycles.